The molecular weight excluding hydrogens is 377 g/mol. The van der Waals surface area contributed by atoms with E-state index in [4.69, 9.17) is 9.47 Å². The first-order chi connectivity index (χ1) is 10.5. The van der Waals surface area contributed by atoms with E-state index in [1.54, 1.807) is 12.3 Å². The van der Waals surface area contributed by atoms with Crippen LogP contribution in [-0.4, -0.2) is 23.5 Å². The number of thiazole rings is 1. The van der Waals surface area contributed by atoms with Gasteiger partial charge >= 0.3 is 11.9 Å². The van der Waals surface area contributed by atoms with Crippen molar-refractivity contribution in [3.8, 4) is 0 Å². The quantitative estimate of drug-likeness (QED) is 0.733. The van der Waals surface area contributed by atoms with Gasteiger partial charge in [-0.25, -0.2) is 19.0 Å². The smallest absolute Gasteiger partial charge is 0.367 e. The van der Waals surface area contributed by atoms with Gasteiger partial charge in [0.25, 0.3) is 0 Å². The van der Waals surface area contributed by atoms with E-state index in [1.165, 1.54) is 12.1 Å². The van der Waals surface area contributed by atoms with Crippen molar-refractivity contribution in [1.82, 2.24) is 4.98 Å². The third-order valence-electron chi connectivity index (χ3n) is 2.50. The first kappa shape index (κ1) is 16.6. The lowest BCUT2D eigenvalue weighted by atomic mass is 10.2. The first-order valence-corrected chi connectivity index (χ1v) is 7.92. The van der Waals surface area contributed by atoms with E-state index in [9.17, 15) is 14.0 Å². The van der Waals surface area contributed by atoms with Gasteiger partial charge in [-0.2, -0.15) is 0 Å². The Morgan fingerprint density at radius 1 is 1.32 bits per heavy atom. The molecule has 0 saturated carbocycles. The molecule has 0 N–H and O–H groups in total. The summed E-state index contributed by atoms with van der Waals surface area (Å²) in [4.78, 5) is 27.4. The van der Waals surface area contributed by atoms with Crippen LogP contribution >= 0.6 is 27.3 Å². The van der Waals surface area contributed by atoms with E-state index in [-0.39, 0.29) is 23.8 Å². The molecule has 0 radical (unpaired) electrons. The predicted octanol–water partition coefficient (Wildman–Crippen LogP) is 3.58. The zero-order valence-electron chi connectivity index (χ0n) is 11.5. The van der Waals surface area contributed by atoms with E-state index in [0.29, 0.717) is 10.2 Å². The lowest BCUT2D eigenvalue weighted by molar-refractivity contribution is 0.0466. The average Bonchev–Trinajstić information content (AvgIpc) is 2.96. The largest absolute Gasteiger partial charge is 0.461 e. The summed E-state index contributed by atoms with van der Waals surface area (Å²) in [5.41, 5.74) is 0.509. The molecule has 0 atom stereocenters. The van der Waals surface area contributed by atoms with Crippen LogP contribution in [0.15, 0.2) is 28.1 Å². The Bertz CT molecular complexity index is 704. The molecule has 22 heavy (non-hydrogen) atoms. The Morgan fingerprint density at radius 2 is 2.09 bits per heavy atom. The van der Waals surface area contributed by atoms with Crippen LogP contribution in [0.3, 0.4) is 0 Å². The predicted molar refractivity (Wildman–Crippen MR) is 81.3 cm³/mol. The number of ether oxygens (including phenoxy) is 2. The summed E-state index contributed by atoms with van der Waals surface area (Å²) in [5.74, 6) is -1.73. The number of carbonyl (C=O) groups is 2. The van der Waals surface area contributed by atoms with Gasteiger partial charge in [0.1, 0.15) is 12.4 Å². The third-order valence-corrected chi connectivity index (χ3v) is 4.06. The molecule has 0 bridgehead atoms. The lowest BCUT2D eigenvalue weighted by Gasteiger charge is -2.05. The van der Waals surface area contributed by atoms with Crippen LogP contribution in [0, 0.1) is 5.82 Å². The highest BCUT2D eigenvalue weighted by Gasteiger charge is 2.15. The average molecular weight is 388 g/mol. The molecule has 0 unspecified atom stereocenters. The number of halogens is 2. The van der Waals surface area contributed by atoms with Crippen molar-refractivity contribution >= 4 is 39.2 Å². The maximum Gasteiger partial charge on any atom is 0.367 e. The SMILES string of the molecule is CCOC(=O)c1nc(COC(=O)c2cc(F)ccc2Br)cs1. The van der Waals surface area contributed by atoms with Gasteiger partial charge in [-0.1, -0.05) is 0 Å². The summed E-state index contributed by atoms with van der Waals surface area (Å²) in [6.45, 7) is 1.85. The lowest BCUT2D eigenvalue weighted by Crippen LogP contribution is -2.08. The molecule has 8 heteroatoms. The van der Waals surface area contributed by atoms with Gasteiger partial charge in [0.15, 0.2) is 0 Å². The minimum absolute atomic E-state index is 0.0841. The van der Waals surface area contributed by atoms with E-state index in [1.807, 2.05) is 0 Å². The molecule has 0 aliphatic rings. The molecule has 1 aromatic heterocycles. The fraction of sp³-hybridized carbons (Fsp3) is 0.214. The fourth-order valence-corrected chi connectivity index (χ4v) is 2.63. The summed E-state index contributed by atoms with van der Waals surface area (Å²) in [7, 11) is 0. The number of hydrogen-bond donors (Lipinski definition) is 0. The molecule has 2 rings (SSSR count). The molecule has 0 fully saturated rings. The molecule has 2 aromatic rings. The molecule has 1 aromatic carbocycles. The number of benzene rings is 1. The highest BCUT2D eigenvalue weighted by atomic mass is 79.9. The van der Waals surface area contributed by atoms with Gasteiger partial charge in [0.05, 0.1) is 17.9 Å². The highest BCUT2D eigenvalue weighted by molar-refractivity contribution is 9.10. The number of carbonyl (C=O) groups excluding carboxylic acids is 2. The van der Waals surface area contributed by atoms with E-state index in [2.05, 4.69) is 20.9 Å². The molecule has 0 spiro atoms. The van der Waals surface area contributed by atoms with Crippen LogP contribution < -0.4 is 0 Å². The topological polar surface area (TPSA) is 65.5 Å². The van der Waals surface area contributed by atoms with Gasteiger partial charge in [-0.05, 0) is 41.1 Å². The molecular formula is C14H11BrFNO4S. The maximum absolute atomic E-state index is 13.1. The fourth-order valence-electron chi connectivity index (χ4n) is 1.53. The van der Waals surface area contributed by atoms with Crippen molar-refractivity contribution in [3.05, 3.63) is 50.1 Å². The van der Waals surface area contributed by atoms with Gasteiger partial charge in [-0.15, -0.1) is 11.3 Å². The number of hydrogen-bond acceptors (Lipinski definition) is 6. The summed E-state index contributed by atoms with van der Waals surface area (Å²) in [5, 5.41) is 1.79. The van der Waals surface area contributed by atoms with E-state index in [0.717, 1.165) is 17.4 Å². The Hall–Kier alpha value is -1.80. The third kappa shape index (κ3) is 4.11. The molecule has 0 saturated heterocycles. The summed E-state index contributed by atoms with van der Waals surface area (Å²) >= 11 is 4.26. The van der Waals surface area contributed by atoms with Crippen LogP contribution in [-0.2, 0) is 16.1 Å². The van der Waals surface area contributed by atoms with Crippen molar-refractivity contribution in [2.45, 2.75) is 13.5 Å². The Labute approximate surface area is 138 Å². The molecule has 0 aliphatic carbocycles. The van der Waals surface area contributed by atoms with Crippen LogP contribution in [0.25, 0.3) is 0 Å². The van der Waals surface area contributed by atoms with Crippen molar-refractivity contribution in [2.75, 3.05) is 6.61 Å². The van der Waals surface area contributed by atoms with E-state index >= 15 is 0 Å². The molecule has 0 amide bonds. The molecule has 5 nitrogen and oxygen atoms in total. The monoisotopic (exact) mass is 387 g/mol. The molecule has 1 heterocycles. The first-order valence-electron chi connectivity index (χ1n) is 6.25. The second kappa shape index (κ2) is 7.46. The van der Waals surface area contributed by atoms with Crippen LogP contribution in [0.5, 0.6) is 0 Å². The minimum Gasteiger partial charge on any atom is -0.461 e. The summed E-state index contributed by atoms with van der Waals surface area (Å²) < 4.78 is 23.5. The summed E-state index contributed by atoms with van der Waals surface area (Å²) in [6.07, 6.45) is 0. The number of aromatic nitrogens is 1. The van der Waals surface area contributed by atoms with Crippen molar-refractivity contribution in [3.63, 3.8) is 0 Å². The molecule has 116 valence electrons. The Morgan fingerprint density at radius 3 is 2.82 bits per heavy atom. The zero-order chi connectivity index (χ0) is 16.1. The standard InChI is InChI=1S/C14H11BrFNO4S/c1-2-20-14(19)12-17-9(7-22-12)6-21-13(18)10-5-8(16)3-4-11(10)15/h3-5,7H,2,6H2,1H3. The van der Waals surface area contributed by atoms with Crippen molar-refractivity contribution in [1.29, 1.82) is 0 Å². The number of nitrogens with zero attached hydrogens (tertiary/aromatic N) is 1. The number of rotatable bonds is 5. The van der Waals surface area contributed by atoms with Crippen molar-refractivity contribution in [2.24, 2.45) is 0 Å². The Balaban J connectivity index is 1.99. The Kier molecular flexibility index (Phi) is 5.62. The maximum atomic E-state index is 13.1. The minimum atomic E-state index is -0.683. The highest BCUT2D eigenvalue weighted by Crippen LogP contribution is 2.19. The van der Waals surface area contributed by atoms with Gasteiger partial charge in [0, 0.05) is 9.85 Å². The number of esters is 2. The van der Waals surface area contributed by atoms with Crippen LogP contribution in [0.4, 0.5) is 4.39 Å². The van der Waals surface area contributed by atoms with Crippen LogP contribution in [0.2, 0.25) is 0 Å². The molecule has 0 aliphatic heterocycles. The summed E-state index contributed by atoms with van der Waals surface area (Å²) in [6, 6.07) is 3.73. The second-order valence-corrected chi connectivity index (χ2v) is 5.78. The zero-order valence-corrected chi connectivity index (χ0v) is 13.9. The van der Waals surface area contributed by atoms with Gasteiger partial charge in [-0.3, -0.25) is 0 Å². The van der Waals surface area contributed by atoms with Gasteiger partial charge < -0.3 is 9.47 Å². The normalized spacial score (nSPS) is 10.3. The second-order valence-electron chi connectivity index (χ2n) is 4.06. The van der Waals surface area contributed by atoms with Crippen molar-refractivity contribution < 1.29 is 23.5 Å². The van der Waals surface area contributed by atoms with Crippen LogP contribution in [0.1, 0.15) is 32.8 Å². The van der Waals surface area contributed by atoms with Gasteiger partial charge in [0.2, 0.25) is 5.01 Å². The van der Waals surface area contributed by atoms with E-state index < -0.39 is 17.8 Å².